The highest BCUT2D eigenvalue weighted by molar-refractivity contribution is 5.27. The van der Waals surface area contributed by atoms with Crippen LogP contribution in [0.4, 0.5) is 0 Å². The summed E-state index contributed by atoms with van der Waals surface area (Å²) in [6.07, 6.45) is 9.64. The molecule has 1 atom stereocenters. The zero-order valence-electron chi connectivity index (χ0n) is 9.28. The second-order valence-electron chi connectivity index (χ2n) is 4.20. The highest BCUT2D eigenvalue weighted by Gasteiger charge is 2.10. The molecule has 0 aliphatic heterocycles. The van der Waals surface area contributed by atoms with Crippen molar-refractivity contribution in [1.82, 2.24) is 0 Å². The van der Waals surface area contributed by atoms with Crippen LogP contribution in [-0.4, -0.2) is 7.11 Å². The van der Waals surface area contributed by atoms with Crippen LogP contribution in [0.2, 0.25) is 0 Å². The number of rotatable bonds is 3. The molecule has 1 unspecified atom stereocenters. The van der Waals surface area contributed by atoms with Crippen molar-refractivity contribution in [2.24, 2.45) is 5.92 Å². The van der Waals surface area contributed by atoms with Crippen LogP contribution < -0.4 is 4.74 Å². The molecule has 0 heterocycles. The fourth-order valence-corrected chi connectivity index (χ4v) is 2.14. The monoisotopic (exact) mass is 202 g/mol. The molecule has 0 N–H and O–H groups in total. The highest BCUT2D eigenvalue weighted by Crippen LogP contribution is 2.23. The molecule has 15 heavy (non-hydrogen) atoms. The van der Waals surface area contributed by atoms with Gasteiger partial charge < -0.3 is 4.74 Å². The number of hydrogen-bond donors (Lipinski definition) is 0. The maximum Gasteiger partial charge on any atom is 0.118 e. The van der Waals surface area contributed by atoms with Crippen LogP contribution in [0.15, 0.2) is 36.4 Å². The van der Waals surface area contributed by atoms with Gasteiger partial charge in [-0.1, -0.05) is 24.3 Å². The molecule has 2 rings (SSSR count). The fourth-order valence-electron chi connectivity index (χ4n) is 2.14. The van der Waals surface area contributed by atoms with Gasteiger partial charge in [-0.05, 0) is 49.3 Å². The van der Waals surface area contributed by atoms with Crippen molar-refractivity contribution in [3.63, 3.8) is 0 Å². The van der Waals surface area contributed by atoms with Crippen LogP contribution >= 0.6 is 0 Å². The van der Waals surface area contributed by atoms with Crippen LogP contribution in [0.5, 0.6) is 5.75 Å². The third-order valence-corrected chi connectivity index (χ3v) is 3.06. The number of hydrogen-bond acceptors (Lipinski definition) is 1. The van der Waals surface area contributed by atoms with Gasteiger partial charge in [-0.2, -0.15) is 0 Å². The van der Waals surface area contributed by atoms with Gasteiger partial charge in [0.25, 0.3) is 0 Å². The van der Waals surface area contributed by atoms with E-state index in [-0.39, 0.29) is 0 Å². The van der Waals surface area contributed by atoms with Crippen molar-refractivity contribution in [3.05, 3.63) is 42.0 Å². The maximum atomic E-state index is 5.15. The second-order valence-corrected chi connectivity index (χ2v) is 4.20. The Hall–Kier alpha value is -1.24. The summed E-state index contributed by atoms with van der Waals surface area (Å²) < 4.78 is 5.15. The molecule has 0 saturated heterocycles. The minimum absolute atomic E-state index is 0.836. The van der Waals surface area contributed by atoms with Crippen molar-refractivity contribution >= 4 is 0 Å². The van der Waals surface area contributed by atoms with Gasteiger partial charge in [0.15, 0.2) is 0 Å². The van der Waals surface area contributed by atoms with E-state index in [1.807, 2.05) is 12.1 Å². The van der Waals surface area contributed by atoms with E-state index >= 15 is 0 Å². The van der Waals surface area contributed by atoms with E-state index in [9.17, 15) is 0 Å². The summed E-state index contributed by atoms with van der Waals surface area (Å²) in [4.78, 5) is 0. The van der Waals surface area contributed by atoms with Crippen LogP contribution in [0.25, 0.3) is 0 Å². The average Bonchev–Trinajstić information content (AvgIpc) is 2.31. The predicted octanol–water partition coefficient (Wildman–Crippen LogP) is 3.59. The van der Waals surface area contributed by atoms with Gasteiger partial charge in [0.05, 0.1) is 7.11 Å². The molecule has 0 spiro atoms. The van der Waals surface area contributed by atoms with E-state index in [0.717, 1.165) is 11.7 Å². The van der Waals surface area contributed by atoms with Crippen LogP contribution in [0.1, 0.15) is 24.8 Å². The van der Waals surface area contributed by atoms with Gasteiger partial charge in [-0.15, -0.1) is 0 Å². The Morgan fingerprint density at radius 1 is 1.20 bits per heavy atom. The molecule has 1 nitrogen and oxygen atoms in total. The largest absolute Gasteiger partial charge is 0.497 e. The standard InChI is InChI=1S/C14H18O/c1-15-14-9-7-13(8-10-14)11-12-5-3-2-4-6-12/h2-3,7-10,12H,4-6,11H2,1H3. The van der Waals surface area contributed by atoms with E-state index in [4.69, 9.17) is 4.74 Å². The number of benzene rings is 1. The molecule has 80 valence electrons. The normalized spacial score (nSPS) is 20.2. The van der Waals surface area contributed by atoms with Gasteiger partial charge in [0.2, 0.25) is 0 Å². The van der Waals surface area contributed by atoms with Gasteiger partial charge in [-0.3, -0.25) is 0 Å². The topological polar surface area (TPSA) is 9.23 Å². The maximum absolute atomic E-state index is 5.15. The van der Waals surface area contributed by atoms with Crippen LogP contribution in [-0.2, 0) is 6.42 Å². The van der Waals surface area contributed by atoms with Gasteiger partial charge in [0, 0.05) is 0 Å². The Labute approximate surface area is 91.8 Å². The van der Waals surface area contributed by atoms with E-state index in [2.05, 4.69) is 24.3 Å². The average molecular weight is 202 g/mol. The van der Waals surface area contributed by atoms with Gasteiger partial charge in [-0.25, -0.2) is 0 Å². The Kier molecular flexibility index (Phi) is 3.44. The molecule has 0 fully saturated rings. The van der Waals surface area contributed by atoms with Crippen molar-refractivity contribution in [2.75, 3.05) is 7.11 Å². The fraction of sp³-hybridized carbons (Fsp3) is 0.429. The van der Waals surface area contributed by atoms with E-state index in [1.54, 1.807) is 7.11 Å². The van der Waals surface area contributed by atoms with Crippen molar-refractivity contribution in [3.8, 4) is 5.75 Å². The molecule has 1 aromatic carbocycles. The Bertz CT molecular complexity index is 324. The van der Waals surface area contributed by atoms with Crippen LogP contribution in [0.3, 0.4) is 0 Å². The summed E-state index contributed by atoms with van der Waals surface area (Å²) in [6.45, 7) is 0. The van der Waals surface area contributed by atoms with Crippen LogP contribution in [0, 0.1) is 5.92 Å². The van der Waals surface area contributed by atoms with Crippen molar-refractivity contribution in [2.45, 2.75) is 25.7 Å². The lowest BCUT2D eigenvalue weighted by atomic mass is 9.89. The lowest BCUT2D eigenvalue weighted by Gasteiger charge is -2.17. The van der Waals surface area contributed by atoms with Gasteiger partial charge >= 0.3 is 0 Å². The molecule has 0 amide bonds. The molecule has 0 saturated carbocycles. The smallest absolute Gasteiger partial charge is 0.118 e. The Morgan fingerprint density at radius 3 is 2.60 bits per heavy atom. The minimum Gasteiger partial charge on any atom is -0.497 e. The highest BCUT2D eigenvalue weighted by atomic mass is 16.5. The summed E-state index contributed by atoms with van der Waals surface area (Å²) >= 11 is 0. The minimum atomic E-state index is 0.836. The molecule has 1 aliphatic rings. The lowest BCUT2D eigenvalue weighted by molar-refractivity contribution is 0.414. The quantitative estimate of drug-likeness (QED) is 0.680. The first-order valence-electron chi connectivity index (χ1n) is 5.66. The molecule has 0 radical (unpaired) electrons. The van der Waals surface area contributed by atoms with Gasteiger partial charge in [0.1, 0.15) is 5.75 Å². The summed E-state index contributed by atoms with van der Waals surface area (Å²) in [5, 5.41) is 0. The first-order chi connectivity index (χ1) is 7.38. The molecule has 0 bridgehead atoms. The summed E-state index contributed by atoms with van der Waals surface area (Å²) in [6, 6.07) is 8.45. The second kappa shape index (κ2) is 5.01. The molecule has 1 aromatic rings. The van der Waals surface area contributed by atoms with E-state index < -0.39 is 0 Å². The Morgan fingerprint density at radius 2 is 2.00 bits per heavy atom. The van der Waals surface area contributed by atoms with E-state index in [0.29, 0.717) is 0 Å². The van der Waals surface area contributed by atoms with E-state index in [1.165, 1.54) is 31.2 Å². The van der Waals surface area contributed by atoms with Crippen molar-refractivity contribution in [1.29, 1.82) is 0 Å². The SMILES string of the molecule is COc1ccc(CC2CC=CCC2)cc1. The zero-order chi connectivity index (χ0) is 10.5. The Balaban J connectivity index is 1.95. The first kappa shape index (κ1) is 10.3. The number of allylic oxidation sites excluding steroid dienone is 2. The predicted molar refractivity (Wildman–Crippen MR) is 63.2 cm³/mol. The third-order valence-electron chi connectivity index (χ3n) is 3.06. The number of ether oxygens (including phenoxy) is 1. The zero-order valence-corrected chi connectivity index (χ0v) is 9.28. The van der Waals surface area contributed by atoms with Crippen molar-refractivity contribution < 1.29 is 4.74 Å². The molecule has 1 heteroatoms. The molecular weight excluding hydrogens is 184 g/mol. The third kappa shape index (κ3) is 2.85. The molecule has 1 aliphatic carbocycles. The summed E-state index contributed by atoms with van der Waals surface area (Å²) in [7, 11) is 1.71. The molecular formula is C14H18O. The lowest BCUT2D eigenvalue weighted by Crippen LogP contribution is -2.06. The first-order valence-corrected chi connectivity index (χ1v) is 5.66. The summed E-state index contributed by atoms with van der Waals surface area (Å²) in [5.41, 5.74) is 1.43. The summed E-state index contributed by atoms with van der Waals surface area (Å²) in [5.74, 6) is 1.78. The number of methoxy groups -OCH3 is 1. The molecule has 0 aromatic heterocycles.